The number of amides is 3. The Labute approximate surface area is 215 Å². The molecule has 1 aliphatic heterocycles. The van der Waals surface area contributed by atoms with Crippen LogP contribution in [0, 0.1) is 0 Å². The lowest BCUT2D eigenvalue weighted by Crippen LogP contribution is -2.52. The molecule has 0 saturated carbocycles. The first-order chi connectivity index (χ1) is 16.6. The summed E-state index contributed by atoms with van der Waals surface area (Å²) < 4.78 is 38.8. The van der Waals surface area contributed by atoms with Crippen LogP contribution in [0.2, 0.25) is 0 Å². The molecule has 1 aromatic carbocycles. The van der Waals surface area contributed by atoms with Crippen LogP contribution in [0.5, 0.6) is 0 Å². The van der Waals surface area contributed by atoms with Crippen molar-refractivity contribution in [3.63, 3.8) is 0 Å². The fraction of sp³-hybridized carbons (Fsp3) is 0.524. The number of carbonyl (C=O) groups excluding carboxylic acids is 3. The van der Waals surface area contributed by atoms with Gasteiger partial charge in [-0.3, -0.25) is 9.59 Å². The number of thiazole rings is 1. The van der Waals surface area contributed by atoms with Crippen LogP contribution >= 0.6 is 27.3 Å². The van der Waals surface area contributed by atoms with E-state index in [1.165, 1.54) is 21.1 Å². The predicted molar refractivity (Wildman–Crippen MR) is 134 cm³/mol. The van der Waals surface area contributed by atoms with Crippen molar-refractivity contribution in [2.45, 2.75) is 13.5 Å². The molecule has 0 atom stereocenters. The Balaban J connectivity index is 1.67. The van der Waals surface area contributed by atoms with Gasteiger partial charge in [-0.2, -0.15) is 4.99 Å². The molecule has 2 heterocycles. The largest absolute Gasteiger partial charge is 0.450 e. The topological polar surface area (TPSA) is 128 Å². The SMILES string of the molecule is CCOC(=O)N1CCN(C(=O)CS(=O)(=O)CC(=O)N=c2sc3cc(Br)ccc3n2CCOC)CC1. The van der Waals surface area contributed by atoms with Crippen molar-refractivity contribution in [2.75, 3.05) is 58.0 Å². The van der Waals surface area contributed by atoms with E-state index in [1.54, 1.807) is 18.6 Å². The molecule has 3 rings (SSSR count). The fourth-order valence-corrected chi connectivity index (χ4v) is 6.27. The summed E-state index contributed by atoms with van der Waals surface area (Å²) in [7, 11) is -2.47. The third kappa shape index (κ3) is 7.35. The molecule has 35 heavy (non-hydrogen) atoms. The van der Waals surface area contributed by atoms with E-state index in [0.717, 1.165) is 14.7 Å². The van der Waals surface area contributed by atoms with Crippen LogP contribution in [0.1, 0.15) is 6.92 Å². The molecule has 0 N–H and O–H groups in total. The number of aromatic nitrogens is 1. The summed E-state index contributed by atoms with van der Waals surface area (Å²) >= 11 is 4.68. The predicted octanol–water partition coefficient (Wildman–Crippen LogP) is 1.25. The Morgan fingerprint density at radius 2 is 1.80 bits per heavy atom. The maximum absolute atomic E-state index is 12.6. The molecule has 1 fully saturated rings. The Hall–Kier alpha value is -2.29. The Bertz CT molecular complexity index is 1260. The minimum Gasteiger partial charge on any atom is -0.450 e. The van der Waals surface area contributed by atoms with Gasteiger partial charge in [0, 0.05) is 44.3 Å². The second-order valence-corrected chi connectivity index (χ2v) is 11.7. The number of ether oxygens (including phenoxy) is 2. The van der Waals surface area contributed by atoms with Gasteiger partial charge in [0.1, 0.15) is 11.5 Å². The summed E-state index contributed by atoms with van der Waals surface area (Å²) in [5, 5.41) is 0. The standard InChI is InChI=1S/C21H27BrN4O7S2/c1-3-33-21(29)25-8-6-24(7-9-25)19(28)14-35(30,31)13-18(27)23-20-26(10-11-32-2)16-5-4-15(22)12-17(16)34-20/h4-5,12H,3,6-11,13-14H2,1-2H3. The summed E-state index contributed by atoms with van der Waals surface area (Å²) in [5.41, 5.74) is 0.849. The number of nitrogens with zero attached hydrogens (tertiary/aromatic N) is 4. The average molecular weight is 592 g/mol. The molecule has 0 spiro atoms. The molecular weight excluding hydrogens is 564 g/mol. The average Bonchev–Trinajstić information content (AvgIpc) is 3.12. The van der Waals surface area contributed by atoms with Gasteiger partial charge in [0.2, 0.25) is 5.91 Å². The molecule has 1 saturated heterocycles. The minimum absolute atomic E-state index is 0.197. The van der Waals surface area contributed by atoms with Gasteiger partial charge in [-0.05, 0) is 25.1 Å². The van der Waals surface area contributed by atoms with Crippen molar-refractivity contribution in [3.8, 4) is 0 Å². The minimum atomic E-state index is -4.03. The van der Waals surface area contributed by atoms with Crippen LogP contribution in [-0.4, -0.2) is 98.7 Å². The van der Waals surface area contributed by atoms with Gasteiger partial charge in [-0.25, -0.2) is 13.2 Å². The van der Waals surface area contributed by atoms with Crippen molar-refractivity contribution in [2.24, 2.45) is 4.99 Å². The molecule has 0 aliphatic carbocycles. The molecule has 0 radical (unpaired) electrons. The Morgan fingerprint density at radius 3 is 2.46 bits per heavy atom. The first-order valence-corrected chi connectivity index (χ1v) is 14.3. The number of halogens is 1. The number of rotatable bonds is 8. The van der Waals surface area contributed by atoms with E-state index in [1.807, 2.05) is 18.2 Å². The zero-order chi connectivity index (χ0) is 25.6. The smallest absolute Gasteiger partial charge is 0.409 e. The maximum atomic E-state index is 12.6. The van der Waals surface area contributed by atoms with Crippen LogP contribution in [0.15, 0.2) is 27.7 Å². The summed E-state index contributed by atoms with van der Waals surface area (Å²) in [6.45, 7) is 3.68. The van der Waals surface area contributed by atoms with E-state index in [4.69, 9.17) is 9.47 Å². The highest BCUT2D eigenvalue weighted by Gasteiger charge is 2.28. The van der Waals surface area contributed by atoms with Crippen molar-refractivity contribution >= 4 is 65.2 Å². The number of hydrogen-bond donors (Lipinski definition) is 0. The third-order valence-electron chi connectivity index (χ3n) is 5.23. The molecule has 3 amide bonds. The normalized spacial score (nSPS) is 15.0. The van der Waals surface area contributed by atoms with Crippen molar-refractivity contribution in [1.29, 1.82) is 0 Å². The summed E-state index contributed by atoms with van der Waals surface area (Å²) in [5.74, 6) is -3.12. The highest BCUT2D eigenvalue weighted by atomic mass is 79.9. The molecule has 14 heteroatoms. The van der Waals surface area contributed by atoms with E-state index in [0.29, 0.717) is 18.0 Å². The zero-order valence-electron chi connectivity index (χ0n) is 19.4. The van der Waals surface area contributed by atoms with Gasteiger partial charge < -0.3 is 23.8 Å². The lowest BCUT2D eigenvalue weighted by molar-refractivity contribution is -0.130. The van der Waals surface area contributed by atoms with Gasteiger partial charge >= 0.3 is 6.09 Å². The molecular formula is C21H27BrN4O7S2. The second-order valence-electron chi connectivity index (χ2n) is 7.75. The number of benzene rings is 1. The lowest BCUT2D eigenvalue weighted by Gasteiger charge is -2.34. The molecule has 11 nitrogen and oxygen atoms in total. The number of carbonyl (C=O) groups is 3. The first-order valence-electron chi connectivity index (χ1n) is 10.9. The van der Waals surface area contributed by atoms with E-state index >= 15 is 0 Å². The van der Waals surface area contributed by atoms with Gasteiger partial charge in [-0.15, -0.1) is 0 Å². The zero-order valence-corrected chi connectivity index (χ0v) is 22.7. The van der Waals surface area contributed by atoms with Crippen molar-refractivity contribution < 1.29 is 32.3 Å². The van der Waals surface area contributed by atoms with Crippen LogP contribution in [0.3, 0.4) is 0 Å². The molecule has 192 valence electrons. The quantitative estimate of drug-likeness (QED) is 0.452. The second kappa shape index (κ2) is 12.1. The summed E-state index contributed by atoms with van der Waals surface area (Å²) in [4.78, 5) is 44.1. The molecule has 0 bridgehead atoms. The van der Waals surface area contributed by atoms with Gasteiger partial charge in [0.15, 0.2) is 14.6 Å². The summed E-state index contributed by atoms with van der Waals surface area (Å²) in [6.07, 6.45) is -0.462. The summed E-state index contributed by atoms with van der Waals surface area (Å²) in [6, 6.07) is 5.64. The fourth-order valence-electron chi connectivity index (χ4n) is 3.54. The van der Waals surface area contributed by atoms with Crippen LogP contribution in [0.4, 0.5) is 4.79 Å². The highest BCUT2D eigenvalue weighted by molar-refractivity contribution is 9.10. The first kappa shape index (κ1) is 27.3. The Morgan fingerprint density at radius 1 is 1.11 bits per heavy atom. The molecule has 1 aromatic heterocycles. The monoisotopic (exact) mass is 590 g/mol. The van der Waals surface area contributed by atoms with Crippen LogP contribution < -0.4 is 4.80 Å². The third-order valence-corrected chi connectivity index (χ3v) is 8.14. The molecule has 1 aliphatic rings. The molecule has 0 unspecified atom stereocenters. The van der Waals surface area contributed by atoms with Crippen molar-refractivity contribution in [1.82, 2.24) is 14.4 Å². The molecule has 2 aromatic rings. The van der Waals surface area contributed by atoms with E-state index in [9.17, 15) is 22.8 Å². The van der Waals surface area contributed by atoms with Crippen LogP contribution in [-0.2, 0) is 35.4 Å². The van der Waals surface area contributed by atoms with Crippen molar-refractivity contribution in [3.05, 3.63) is 27.5 Å². The maximum Gasteiger partial charge on any atom is 0.409 e. The lowest BCUT2D eigenvalue weighted by atomic mass is 10.3. The van der Waals surface area contributed by atoms with E-state index in [-0.39, 0.29) is 32.8 Å². The highest BCUT2D eigenvalue weighted by Crippen LogP contribution is 2.22. The van der Waals surface area contributed by atoms with Crippen LogP contribution in [0.25, 0.3) is 10.2 Å². The Kier molecular flexibility index (Phi) is 9.44. The van der Waals surface area contributed by atoms with Gasteiger partial charge in [-0.1, -0.05) is 27.3 Å². The number of piperazine rings is 1. The number of hydrogen-bond acceptors (Lipinski definition) is 8. The van der Waals surface area contributed by atoms with E-state index < -0.39 is 39.3 Å². The number of sulfone groups is 1. The number of methoxy groups -OCH3 is 1. The van der Waals surface area contributed by atoms with Gasteiger partial charge in [0.05, 0.1) is 23.4 Å². The van der Waals surface area contributed by atoms with E-state index in [2.05, 4.69) is 20.9 Å². The van der Waals surface area contributed by atoms with Gasteiger partial charge in [0.25, 0.3) is 5.91 Å². The number of fused-ring (bicyclic) bond motifs is 1.